The summed E-state index contributed by atoms with van der Waals surface area (Å²) in [6, 6.07) is 7.29. The Kier molecular flexibility index (Phi) is 3.60. The van der Waals surface area contributed by atoms with E-state index in [0.29, 0.717) is 22.6 Å². The Bertz CT molecular complexity index is 741. The van der Waals surface area contributed by atoms with Crippen molar-refractivity contribution in [3.8, 4) is 0 Å². The maximum atomic E-state index is 13.9. The number of nitrogens with one attached hydrogen (secondary N) is 1. The molecule has 2 aromatic rings. The van der Waals surface area contributed by atoms with Crippen LogP contribution in [-0.2, 0) is 0 Å². The zero-order valence-electron chi connectivity index (χ0n) is 13.4. The molecule has 2 fully saturated rings. The molecular weight excluding hydrogens is 293 g/mol. The summed E-state index contributed by atoms with van der Waals surface area (Å²) in [5.74, 6) is -0.283. The Morgan fingerprint density at radius 3 is 2.74 bits per heavy atom. The van der Waals surface area contributed by atoms with Crippen LogP contribution in [0.4, 0.5) is 4.39 Å². The van der Waals surface area contributed by atoms with E-state index < -0.39 is 0 Å². The molecule has 0 radical (unpaired) electrons. The minimum atomic E-state index is -0.286. The fraction of sp³-hybridized carbons (Fsp3) is 0.500. The second-order valence-electron chi connectivity index (χ2n) is 6.78. The van der Waals surface area contributed by atoms with E-state index >= 15 is 0 Å². The van der Waals surface area contributed by atoms with Gasteiger partial charge in [-0.3, -0.25) is 4.79 Å². The van der Waals surface area contributed by atoms with Crippen LogP contribution in [0, 0.1) is 5.82 Å². The zero-order chi connectivity index (χ0) is 16.0. The number of H-pyrrole nitrogens is 1. The molecule has 2 atom stereocenters. The Balaban J connectivity index is 1.63. The van der Waals surface area contributed by atoms with E-state index in [2.05, 4.69) is 16.9 Å². The number of carbonyl (C=O) groups is 1. The number of rotatable bonds is 2. The third kappa shape index (κ3) is 2.43. The molecule has 23 heavy (non-hydrogen) atoms. The third-order valence-corrected chi connectivity index (χ3v) is 5.42. The number of nitrogens with zero attached hydrogens (tertiary/aromatic N) is 2. The number of hydrogen-bond acceptors (Lipinski definition) is 2. The van der Waals surface area contributed by atoms with Crippen molar-refractivity contribution in [1.29, 1.82) is 0 Å². The second-order valence-corrected chi connectivity index (χ2v) is 6.78. The molecule has 2 saturated heterocycles. The van der Waals surface area contributed by atoms with Crippen molar-refractivity contribution in [2.24, 2.45) is 0 Å². The average molecular weight is 315 g/mol. The van der Waals surface area contributed by atoms with Gasteiger partial charge in [0.1, 0.15) is 11.5 Å². The summed E-state index contributed by atoms with van der Waals surface area (Å²) >= 11 is 0. The Morgan fingerprint density at radius 1 is 1.22 bits per heavy atom. The first-order chi connectivity index (χ1) is 11.1. The van der Waals surface area contributed by atoms with Crippen molar-refractivity contribution in [3.05, 3.63) is 35.8 Å². The number of likely N-dealkylation sites (tertiary alicyclic amines) is 2. The number of amides is 1. The number of halogens is 1. The van der Waals surface area contributed by atoms with Crippen LogP contribution in [0.1, 0.15) is 36.2 Å². The molecule has 0 saturated carbocycles. The smallest absolute Gasteiger partial charge is 0.270 e. The molecule has 1 aromatic carbocycles. The van der Waals surface area contributed by atoms with Gasteiger partial charge in [-0.25, -0.2) is 4.39 Å². The highest BCUT2D eigenvalue weighted by Gasteiger charge is 2.38. The minimum absolute atomic E-state index is 0.00315. The van der Waals surface area contributed by atoms with Gasteiger partial charge < -0.3 is 14.8 Å². The molecule has 2 aliphatic rings. The molecule has 3 heterocycles. The van der Waals surface area contributed by atoms with Crippen molar-refractivity contribution < 1.29 is 9.18 Å². The summed E-state index contributed by atoms with van der Waals surface area (Å²) in [6.45, 7) is 1.91. The highest BCUT2D eigenvalue weighted by Crippen LogP contribution is 2.30. The summed E-state index contributed by atoms with van der Waals surface area (Å²) in [7, 11) is 2.15. The fourth-order valence-corrected chi connectivity index (χ4v) is 4.26. The zero-order valence-corrected chi connectivity index (χ0v) is 13.4. The van der Waals surface area contributed by atoms with Gasteiger partial charge in [0.05, 0.1) is 0 Å². The summed E-state index contributed by atoms with van der Waals surface area (Å²) in [4.78, 5) is 20.4. The van der Waals surface area contributed by atoms with Crippen molar-refractivity contribution in [3.63, 3.8) is 0 Å². The monoisotopic (exact) mass is 315 g/mol. The SMILES string of the molecule is CN1CCC[C@@H]1[C@@H]1CCCN1C(=O)c1cc2c(F)cccc2[nH]1. The summed E-state index contributed by atoms with van der Waals surface area (Å²) in [6.07, 6.45) is 4.48. The highest BCUT2D eigenvalue weighted by molar-refractivity contribution is 5.98. The van der Waals surface area contributed by atoms with Gasteiger partial charge in [0.25, 0.3) is 5.91 Å². The Labute approximate surface area is 135 Å². The van der Waals surface area contributed by atoms with Crippen LogP contribution < -0.4 is 0 Å². The molecule has 122 valence electrons. The molecule has 1 aromatic heterocycles. The minimum Gasteiger partial charge on any atom is -0.350 e. The molecule has 0 spiro atoms. The summed E-state index contributed by atoms with van der Waals surface area (Å²) < 4.78 is 13.9. The molecule has 4 rings (SSSR count). The molecular formula is C18H22FN3O. The second kappa shape index (κ2) is 5.64. The van der Waals surface area contributed by atoms with Crippen LogP contribution >= 0.6 is 0 Å². The quantitative estimate of drug-likeness (QED) is 0.925. The number of aromatic nitrogens is 1. The standard InChI is InChI=1S/C18H22FN3O/c1-21-9-3-7-16(21)17-8-4-10-22(17)18(23)15-11-12-13(19)5-2-6-14(12)20-15/h2,5-6,11,16-17,20H,3-4,7-10H2,1H3/t16-,17+/m1/s1. The van der Waals surface area contributed by atoms with E-state index in [1.807, 2.05) is 4.90 Å². The van der Waals surface area contributed by atoms with Crippen molar-refractivity contribution >= 4 is 16.8 Å². The van der Waals surface area contributed by atoms with E-state index in [9.17, 15) is 9.18 Å². The van der Waals surface area contributed by atoms with Crippen LogP contribution in [0.2, 0.25) is 0 Å². The normalized spacial score (nSPS) is 25.6. The molecule has 1 N–H and O–H groups in total. The van der Waals surface area contributed by atoms with Crippen molar-refractivity contribution in [2.75, 3.05) is 20.1 Å². The summed E-state index contributed by atoms with van der Waals surface area (Å²) in [5.41, 5.74) is 1.18. The lowest BCUT2D eigenvalue weighted by atomic mass is 10.0. The fourth-order valence-electron chi connectivity index (χ4n) is 4.26. The largest absolute Gasteiger partial charge is 0.350 e. The maximum Gasteiger partial charge on any atom is 0.270 e. The molecule has 2 aliphatic heterocycles. The van der Waals surface area contributed by atoms with Crippen LogP contribution in [0.3, 0.4) is 0 Å². The van der Waals surface area contributed by atoms with Crippen LogP contribution in [0.25, 0.3) is 10.9 Å². The predicted octanol–water partition coefficient (Wildman–Crippen LogP) is 3.01. The number of fused-ring (bicyclic) bond motifs is 1. The Hall–Kier alpha value is -1.88. The van der Waals surface area contributed by atoms with E-state index in [-0.39, 0.29) is 17.8 Å². The predicted molar refractivity (Wildman–Crippen MR) is 88.0 cm³/mol. The van der Waals surface area contributed by atoms with Gasteiger partial charge in [0, 0.05) is 29.5 Å². The van der Waals surface area contributed by atoms with E-state index in [4.69, 9.17) is 0 Å². The molecule has 0 aliphatic carbocycles. The molecule has 0 unspecified atom stereocenters. The topological polar surface area (TPSA) is 39.3 Å². The highest BCUT2D eigenvalue weighted by atomic mass is 19.1. The molecule has 1 amide bonds. The van der Waals surface area contributed by atoms with Gasteiger partial charge in [0.2, 0.25) is 0 Å². The van der Waals surface area contributed by atoms with Crippen molar-refractivity contribution in [1.82, 2.24) is 14.8 Å². The van der Waals surface area contributed by atoms with E-state index in [0.717, 1.165) is 32.4 Å². The number of likely N-dealkylation sites (N-methyl/N-ethyl adjacent to an activating group) is 1. The van der Waals surface area contributed by atoms with Crippen molar-refractivity contribution in [2.45, 2.75) is 37.8 Å². The van der Waals surface area contributed by atoms with Gasteiger partial charge in [-0.15, -0.1) is 0 Å². The first kappa shape index (κ1) is 14.7. The lowest BCUT2D eigenvalue weighted by Crippen LogP contribution is -2.47. The summed E-state index contributed by atoms with van der Waals surface area (Å²) in [5, 5.41) is 0.490. The Morgan fingerprint density at radius 2 is 2.00 bits per heavy atom. The number of aromatic amines is 1. The average Bonchev–Trinajstić information content (AvgIpc) is 3.24. The third-order valence-electron chi connectivity index (χ3n) is 5.42. The number of hydrogen-bond donors (Lipinski definition) is 1. The lowest BCUT2D eigenvalue weighted by molar-refractivity contribution is 0.0659. The maximum absolute atomic E-state index is 13.9. The van der Waals surface area contributed by atoms with Crippen LogP contribution in [0.5, 0.6) is 0 Å². The van der Waals surface area contributed by atoms with E-state index in [1.165, 1.54) is 12.5 Å². The van der Waals surface area contributed by atoms with E-state index in [1.54, 1.807) is 18.2 Å². The first-order valence-electron chi connectivity index (χ1n) is 8.43. The number of benzene rings is 1. The van der Waals surface area contributed by atoms with Gasteiger partial charge in [-0.1, -0.05) is 6.07 Å². The molecule has 4 nitrogen and oxygen atoms in total. The van der Waals surface area contributed by atoms with Crippen LogP contribution in [0.15, 0.2) is 24.3 Å². The lowest BCUT2D eigenvalue weighted by Gasteiger charge is -2.33. The first-order valence-corrected chi connectivity index (χ1v) is 8.43. The van der Waals surface area contributed by atoms with Crippen LogP contribution in [-0.4, -0.2) is 52.9 Å². The molecule has 5 heteroatoms. The van der Waals surface area contributed by atoms with Gasteiger partial charge in [-0.05, 0) is 57.5 Å². The van der Waals surface area contributed by atoms with Gasteiger partial charge >= 0.3 is 0 Å². The van der Waals surface area contributed by atoms with Gasteiger partial charge in [-0.2, -0.15) is 0 Å². The van der Waals surface area contributed by atoms with Gasteiger partial charge in [0.15, 0.2) is 0 Å². The molecule has 0 bridgehead atoms. The number of carbonyl (C=O) groups excluding carboxylic acids is 1.